The molecule has 0 radical (unpaired) electrons. The summed E-state index contributed by atoms with van der Waals surface area (Å²) in [4.78, 5) is 0. The van der Waals surface area contributed by atoms with E-state index in [1.54, 1.807) is 0 Å². The van der Waals surface area contributed by atoms with Crippen LogP contribution in [0.5, 0.6) is 0 Å². The third-order valence-electron chi connectivity index (χ3n) is 0.814. The van der Waals surface area contributed by atoms with E-state index in [2.05, 4.69) is 19.5 Å². The van der Waals surface area contributed by atoms with E-state index in [0.29, 0.717) is 0 Å². The Morgan fingerprint density at radius 3 is 2.88 bits per heavy atom. The van der Waals surface area contributed by atoms with Crippen LogP contribution in [0.3, 0.4) is 0 Å². The lowest BCUT2D eigenvalue weighted by Crippen LogP contribution is -1.80. The van der Waals surface area contributed by atoms with Gasteiger partial charge in [0.15, 0.2) is 0 Å². The summed E-state index contributed by atoms with van der Waals surface area (Å²) in [6.45, 7) is 4.28. The van der Waals surface area contributed by atoms with Crippen LogP contribution in [-0.4, -0.2) is 9.76 Å². The van der Waals surface area contributed by atoms with Gasteiger partial charge in [-0.15, -0.1) is 0 Å². The molecule has 0 amide bonds. The van der Waals surface area contributed by atoms with E-state index >= 15 is 0 Å². The average molecular weight is 130 g/mol. The van der Waals surface area contributed by atoms with Crippen LogP contribution in [0.2, 0.25) is 6.55 Å². The van der Waals surface area contributed by atoms with Crippen molar-refractivity contribution in [3.8, 4) is 0 Å². The van der Waals surface area contributed by atoms with Crippen LogP contribution in [0.25, 0.3) is 0 Å². The second-order valence-electron chi connectivity index (χ2n) is 1.62. The summed E-state index contributed by atoms with van der Waals surface area (Å²) >= 11 is 0. The van der Waals surface area contributed by atoms with Crippen molar-refractivity contribution in [3.05, 3.63) is 12.3 Å². The number of allylic oxidation sites excluding steroid dienone is 1. The molecule has 0 aromatic carbocycles. The Morgan fingerprint density at radius 2 is 2.38 bits per heavy atom. The number of hydrogen-bond acceptors (Lipinski definition) is 1. The normalized spacial score (nSPS) is 11.8. The highest BCUT2D eigenvalue weighted by Crippen LogP contribution is 1.87. The average Bonchev–Trinajstić information content (AvgIpc) is 1.81. The van der Waals surface area contributed by atoms with E-state index in [0.717, 1.165) is 6.42 Å². The van der Waals surface area contributed by atoms with E-state index in [1.165, 1.54) is 6.42 Å². The van der Waals surface area contributed by atoms with Gasteiger partial charge in [0.1, 0.15) is 0 Å². The Labute approximate surface area is 53.7 Å². The first-order valence-corrected chi connectivity index (χ1v) is 5.17. The molecular weight excluding hydrogens is 116 g/mol. The van der Waals surface area contributed by atoms with Crippen molar-refractivity contribution in [1.82, 2.24) is 0 Å². The van der Waals surface area contributed by atoms with Crippen LogP contribution in [-0.2, 0) is 4.43 Å². The van der Waals surface area contributed by atoms with Gasteiger partial charge in [-0.1, -0.05) is 19.4 Å². The molecule has 0 atom stereocenters. The molecule has 2 heteroatoms. The first kappa shape index (κ1) is 7.76. The first-order valence-electron chi connectivity index (χ1n) is 3.18. The molecule has 0 saturated heterocycles. The maximum absolute atomic E-state index is 5.09. The van der Waals surface area contributed by atoms with Crippen molar-refractivity contribution in [1.29, 1.82) is 0 Å². The summed E-state index contributed by atoms with van der Waals surface area (Å²) in [5.74, 6) is 0. The van der Waals surface area contributed by atoms with Gasteiger partial charge >= 0.3 is 0 Å². The SMILES string of the molecule is CCCC=CO[SiH2]C. The highest BCUT2D eigenvalue weighted by molar-refractivity contribution is 6.25. The maximum atomic E-state index is 5.09. The molecule has 0 unspecified atom stereocenters. The van der Waals surface area contributed by atoms with Crippen LogP contribution in [0.15, 0.2) is 12.3 Å². The molecule has 48 valence electrons. The first-order chi connectivity index (χ1) is 3.91. The van der Waals surface area contributed by atoms with Gasteiger partial charge in [0.2, 0.25) is 9.76 Å². The lowest BCUT2D eigenvalue weighted by Gasteiger charge is -1.90. The lowest BCUT2D eigenvalue weighted by atomic mass is 10.3. The predicted molar refractivity (Wildman–Crippen MR) is 39.5 cm³/mol. The molecule has 0 fully saturated rings. The van der Waals surface area contributed by atoms with Gasteiger partial charge in [-0.05, 0) is 13.0 Å². The highest BCUT2D eigenvalue weighted by atomic mass is 28.2. The fourth-order valence-corrected chi connectivity index (χ4v) is 0.728. The zero-order valence-electron chi connectivity index (χ0n) is 5.68. The third kappa shape index (κ3) is 5.76. The zero-order valence-corrected chi connectivity index (χ0v) is 7.10. The van der Waals surface area contributed by atoms with Crippen LogP contribution < -0.4 is 0 Å². The summed E-state index contributed by atoms with van der Waals surface area (Å²) in [6.07, 6.45) is 6.27. The Bertz CT molecular complexity index is 53.5. The molecule has 0 aliphatic carbocycles. The Hall–Kier alpha value is -0.243. The van der Waals surface area contributed by atoms with Gasteiger partial charge in [0, 0.05) is 0 Å². The van der Waals surface area contributed by atoms with Crippen molar-refractivity contribution < 1.29 is 4.43 Å². The minimum Gasteiger partial charge on any atom is -0.555 e. The lowest BCUT2D eigenvalue weighted by molar-refractivity contribution is 0.516. The Morgan fingerprint density at radius 1 is 1.62 bits per heavy atom. The topological polar surface area (TPSA) is 9.23 Å². The van der Waals surface area contributed by atoms with E-state index in [-0.39, 0.29) is 9.76 Å². The van der Waals surface area contributed by atoms with Gasteiger partial charge in [-0.3, -0.25) is 0 Å². The molecule has 0 N–H and O–H groups in total. The van der Waals surface area contributed by atoms with Gasteiger partial charge in [0.25, 0.3) is 0 Å². The molecule has 0 heterocycles. The summed E-state index contributed by atoms with van der Waals surface area (Å²) in [6, 6.07) is 0. The quantitative estimate of drug-likeness (QED) is 0.413. The van der Waals surface area contributed by atoms with Crippen molar-refractivity contribution in [3.63, 3.8) is 0 Å². The molecule has 0 aromatic rings. The number of rotatable bonds is 4. The molecule has 0 aliphatic heterocycles. The van der Waals surface area contributed by atoms with E-state index in [9.17, 15) is 0 Å². The minimum atomic E-state index is -0.201. The fourth-order valence-electron chi connectivity index (χ4n) is 0.399. The van der Waals surface area contributed by atoms with E-state index < -0.39 is 0 Å². The zero-order chi connectivity index (χ0) is 6.24. The van der Waals surface area contributed by atoms with Gasteiger partial charge in [0.05, 0.1) is 6.26 Å². The fraction of sp³-hybridized carbons (Fsp3) is 0.667. The summed E-state index contributed by atoms with van der Waals surface area (Å²) < 4.78 is 5.09. The predicted octanol–water partition coefficient (Wildman–Crippen LogP) is 1.45. The van der Waals surface area contributed by atoms with Crippen LogP contribution in [0.1, 0.15) is 19.8 Å². The minimum absolute atomic E-state index is 0.201. The van der Waals surface area contributed by atoms with Crippen molar-refractivity contribution in [2.45, 2.75) is 26.3 Å². The van der Waals surface area contributed by atoms with Gasteiger partial charge in [-0.2, -0.15) is 0 Å². The molecule has 0 rings (SSSR count). The standard InChI is InChI=1S/C6H14OSi/c1-3-4-5-6-7-8-2/h5-6H,3-4,8H2,1-2H3. The molecule has 0 aromatic heterocycles. The largest absolute Gasteiger partial charge is 0.555 e. The molecule has 0 aliphatic rings. The smallest absolute Gasteiger partial charge is 0.215 e. The van der Waals surface area contributed by atoms with Crippen molar-refractivity contribution in [2.24, 2.45) is 0 Å². The summed E-state index contributed by atoms with van der Waals surface area (Å²) in [5.41, 5.74) is 0. The second-order valence-corrected chi connectivity index (χ2v) is 2.53. The van der Waals surface area contributed by atoms with Crippen molar-refractivity contribution in [2.75, 3.05) is 0 Å². The maximum Gasteiger partial charge on any atom is 0.215 e. The number of hydrogen-bond donors (Lipinski definition) is 0. The van der Waals surface area contributed by atoms with Crippen LogP contribution in [0, 0.1) is 0 Å². The van der Waals surface area contributed by atoms with E-state index in [4.69, 9.17) is 4.43 Å². The third-order valence-corrected chi connectivity index (χ3v) is 1.34. The van der Waals surface area contributed by atoms with Crippen LogP contribution >= 0.6 is 0 Å². The molecule has 8 heavy (non-hydrogen) atoms. The van der Waals surface area contributed by atoms with Crippen molar-refractivity contribution >= 4 is 9.76 Å². The molecule has 0 spiro atoms. The van der Waals surface area contributed by atoms with E-state index in [1.807, 2.05) is 6.26 Å². The monoisotopic (exact) mass is 130 g/mol. The molecule has 1 nitrogen and oxygen atoms in total. The summed E-state index contributed by atoms with van der Waals surface area (Å²) in [7, 11) is -0.201. The number of unbranched alkanes of at least 4 members (excludes halogenated alkanes) is 1. The Kier molecular flexibility index (Phi) is 6.55. The molecular formula is C6H14OSi. The van der Waals surface area contributed by atoms with Gasteiger partial charge in [-0.25, -0.2) is 0 Å². The second kappa shape index (κ2) is 6.76. The highest BCUT2D eigenvalue weighted by Gasteiger charge is 1.71. The molecule has 0 bridgehead atoms. The van der Waals surface area contributed by atoms with Gasteiger partial charge < -0.3 is 4.43 Å². The molecule has 0 saturated carbocycles. The Balaban J connectivity index is 2.83. The van der Waals surface area contributed by atoms with Crippen LogP contribution in [0.4, 0.5) is 0 Å². The summed E-state index contributed by atoms with van der Waals surface area (Å²) in [5, 5.41) is 0.